The molecule has 0 amide bonds. The summed E-state index contributed by atoms with van der Waals surface area (Å²) in [6.45, 7) is 0. The first-order valence-electron chi connectivity index (χ1n) is 19.8. The third-order valence-corrected chi connectivity index (χ3v) is 12.8. The fourth-order valence-corrected chi connectivity index (χ4v) is 10.6. The van der Waals surface area contributed by atoms with Crippen molar-refractivity contribution in [1.82, 2.24) is 13.7 Å². The summed E-state index contributed by atoms with van der Waals surface area (Å²) in [6.07, 6.45) is 0. The average Bonchev–Trinajstić information content (AvgIpc) is 3.91. The molecule has 0 atom stereocenters. The molecule has 0 aliphatic rings. The number of hydrogen-bond donors (Lipinski definition) is 0. The molecular formula is C54H33Br2N3. The highest BCUT2D eigenvalue weighted by Crippen LogP contribution is 2.41. The Morgan fingerprint density at radius 1 is 0.237 bits per heavy atom. The van der Waals surface area contributed by atoms with Gasteiger partial charge in [-0.15, -0.1) is 0 Å². The van der Waals surface area contributed by atoms with Crippen LogP contribution in [0.15, 0.2) is 209 Å². The van der Waals surface area contributed by atoms with Crippen LogP contribution >= 0.6 is 31.9 Å². The van der Waals surface area contributed by atoms with Gasteiger partial charge in [-0.25, -0.2) is 0 Å². The summed E-state index contributed by atoms with van der Waals surface area (Å²) in [5, 5.41) is 7.41. The van der Waals surface area contributed by atoms with E-state index in [2.05, 4.69) is 246 Å². The van der Waals surface area contributed by atoms with E-state index in [1.807, 2.05) is 0 Å². The van der Waals surface area contributed by atoms with Crippen LogP contribution in [-0.2, 0) is 0 Å². The predicted molar refractivity (Wildman–Crippen MR) is 256 cm³/mol. The highest BCUT2D eigenvalue weighted by atomic mass is 79.9. The highest BCUT2D eigenvalue weighted by molar-refractivity contribution is 9.11. The largest absolute Gasteiger partial charge is 0.309 e. The van der Waals surface area contributed by atoms with Gasteiger partial charge in [0.25, 0.3) is 0 Å². The molecule has 12 aromatic rings. The molecular weight excluding hydrogens is 850 g/mol. The van der Waals surface area contributed by atoms with Crippen LogP contribution in [0.4, 0.5) is 0 Å². The van der Waals surface area contributed by atoms with E-state index >= 15 is 0 Å². The molecule has 5 heteroatoms. The number of para-hydroxylation sites is 4. The van der Waals surface area contributed by atoms with Gasteiger partial charge in [0, 0.05) is 58.3 Å². The standard InChI is InChI=1S/C54H33Br2N3/c55-38-31-39(56)33-42(32-38)59-53-25-21-36(34-19-23-51-45(27-34)43-15-7-9-17-49(43)57(51)40-11-3-1-4-12-40)29-47(53)48-30-37(22-26-54(48)59)35-20-24-52-46(28-35)44-16-8-10-18-50(44)58(52)41-13-5-2-6-14-41/h1-33H. The molecule has 0 N–H and O–H groups in total. The minimum absolute atomic E-state index is 1.02. The summed E-state index contributed by atoms with van der Waals surface area (Å²) < 4.78 is 9.19. The molecule has 0 saturated heterocycles. The molecule has 0 fully saturated rings. The molecule has 3 aromatic heterocycles. The summed E-state index contributed by atoms with van der Waals surface area (Å²) >= 11 is 7.54. The van der Waals surface area contributed by atoms with Crippen LogP contribution < -0.4 is 0 Å². The number of fused-ring (bicyclic) bond motifs is 9. The maximum atomic E-state index is 3.77. The van der Waals surface area contributed by atoms with Crippen LogP contribution in [0.2, 0.25) is 0 Å². The molecule has 3 heterocycles. The molecule has 0 saturated carbocycles. The van der Waals surface area contributed by atoms with Crippen molar-refractivity contribution < 1.29 is 0 Å². The van der Waals surface area contributed by atoms with Gasteiger partial charge in [0.15, 0.2) is 0 Å². The second kappa shape index (κ2) is 13.5. The lowest BCUT2D eigenvalue weighted by Gasteiger charge is -2.11. The van der Waals surface area contributed by atoms with E-state index in [-0.39, 0.29) is 0 Å². The average molecular weight is 884 g/mol. The van der Waals surface area contributed by atoms with Crippen molar-refractivity contribution in [2.24, 2.45) is 0 Å². The normalized spacial score (nSPS) is 11.9. The Bertz CT molecular complexity index is 3400. The lowest BCUT2D eigenvalue weighted by atomic mass is 9.98. The van der Waals surface area contributed by atoms with Crippen molar-refractivity contribution in [2.75, 3.05) is 0 Å². The van der Waals surface area contributed by atoms with Crippen LogP contribution in [0.5, 0.6) is 0 Å². The summed E-state index contributed by atoms with van der Waals surface area (Å²) in [6, 6.07) is 73.0. The van der Waals surface area contributed by atoms with Crippen molar-refractivity contribution in [2.45, 2.75) is 0 Å². The zero-order chi connectivity index (χ0) is 39.2. The summed E-state index contributed by atoms with van der Waals surface area (Å²) in [5.74, 6) is 0. The van der Waals surface area contributed by atoms with Gasteiger partial charge in [0.1, 0.15) is 0 Å². The van der Waals surface area contributed by atoms with Gasteiger partial charge in [0.2, 0.25) is 0 Å². The van der Waals surface area contributed by atoms with Gasteiger partial charge in [-0.05, 0) is 125 Å². The minimum Gasteiger partial charge on any atom is -0.309 e. The molecule has 12 rings (SSSR count). The number of hydrogen-bond acceptors (Lipinski definition) is 0. The van der Waals surface area contributed by atoms with Crippen LogP contribution in [0.25, 0.3) is 105 Å². The first-order valence-corrected chi connectivity index (χ1v) is 21.4. The topological polar surface area (TPSA) is 14.8 Å². The summed E-state index contributed by atoms with van der Waals surface area (Å²) in [4.78, 5) is 0. The Labute approximate surface area is 357 Å². The third-order valence-electron chi connectivity index (χ3n) is 11.9. The van der Waals surface area contributed by atoms with E-state index in [4.69, 9.17) is 0 Å². The minimum atomic E-state index is 1.02. The number of aromatic nitrogens is 3. The molecule has 0 spiro atoms. The number of halogens is 2. The molecule has 0 unspecified atom stereocenters. The molecule has 3 nitrogen and oxygen atoms in total. The van der Waals surface area contributed by atoms with Gasteiger partial charge < -0.3 is 13.7 Å². The van der Waals surface area contributed by atoms with Crippen LogP contribution in [0.3, 0.4) is 0 Å². The maximum absolute atomic E-state index is 3.77. The Morgan fingerprint density at radius 3 is 0.932 bits per heavy atom. The first kappa shape index (κ1) is 34.4. The van der Waals surface area contributed by atoms with Crippen molar-refractivity contribution in [1.29, 1.82) is 0 Å². The third kappa shape index (κ3) is 5.46. The van der Waals surface area contributed by atoms with Gasteiger partial charge in [-0.3, -0.25) is 0 Å². The highest BCUT2D eigenvalue weighted by Gasteiger charge is 2.19. The lowest BCUT2D eigenvalue weighted by Crippen LogP contribution is -1.94. The Kier molecular flexibility index (Phi) is 7.84. The smallest absolute Gasteiger partial charge is 0.0541 e. The quantitative estimate of drug-likeness (QED) is 0.164. The fraction of sp³-hybridized carbons (Fsp3) is 0. The molecule has 9 aromatic carbocycles. The number of benzene rings is 9. The number of nitrogens with zero attached hydrogens (tertiary/aromatic N) is 3. The van der Waals surface area contributed by atoms with E-state index < -0.39 is 0 Å². The SMILES string of the molecule is Brc1cc(Br)cc(-n2c3ccc(-c4ccc5c(c4)c4ccccc4n5-c4ccccc4)cc3c3cc(-c4ccc5c(c4)c4ccccc4n5-c4ccccc4)ccc32)c1. The molecule has 0 aliphatic carbocycles. The molecule has 0 aliphatic heterocycles. The van der Waals surface area contributed by atoms with Crippen molar-refractivity contribution in [3.63, 3.8) is 0 Å². The zero-order valence-corrected chi connectivity index (χ0v) is 34.8. The van der Waals surface area contributed by atoms with Crippen LogP contribution in [0, 0.1) is 0 Å². The molecule has 59 heavy (non-hydrogen) atoms. The summed E-state index contributed by atoms with van der Waals surface area (Å²) in [5.41, 5.74) is 15.3. The molecule has 0 radical (unpaired) electrons. The van der Waals surface area contributed by atoms with Crippen molar-refractivity contribution in [3.8, 4) is 39.3 Å². The Morgan fingerprint density at radius 2 is 0.542 bits per heavy atom. The van der Waals surface area contributed by atoms with Gasteiger partial charge in [-0.1, -0.05) is 129 Å². The van der Waals surface area contributed by atoms with E-state index in [0.717, 1.165) is 37.0 Å². The van der Waals surface area contributed by atoms with Crippen molar-refractivity contribution >= 4 is 97.3 Å². The van der Waals surface area contributed by atoms with E-state index in [9.17, 15) is 0 Å². The lowest BCUT2D eigenvalue weighted by molar-refractivity contribution is 1.17. The second-order valence-electron chi connectivity index (χ2n) is 15.3. The maximum Gasteiger partial charge on any atom is 0.0541 e. The van der Waals surface area contributed by atoms with E-state index in [1.54, 1.807) is 0 Å². The zero-order valence-electron chi connectivity index (χ0n) is 31.7. The van der Waals surface area contributed by atoms with Crippen molar-refractivity contribution in [3.05, 3.63) is 209 Å². The van der Waals surface area contributed by atoms with Gasteiger partial charge in [-0.2, -0.15) is 0 Å². The number of rotatable bonds is 5. The van der Waals surface area contributed by atoms with Gasteiger partial charge in [0.05, 0.1) is 33.1 Å². The predicted octanol–water partition coefficient (Wildman–Crippen LogP) is 15.8. The van der Waals surface area contributed by atoms with Crippen LogP contribution in [-0.4, -0.2) is 13.7 Å². The Balaban J connectivity index is 1.06. The van der Waals surface area contributed by atoms with Crippen LogP contribution in [0.1, 0.15) is 0 Å². The van der Waals surface area contributed by atoms with E-state index in [1.165, 1.54) is 76.6 Å². The van der Waals surface area contributed by atoms with Gasteiger partial charge >= 0.3 is 0 Å². The fourth-order valence-electron chi connectivity index (χ4n) is 9.34. The first-order chi connectivity index (χ1) is 29.1. The Hall–Kier alpha value is -6.66. The molecule has 0 bridgehead atoms. The monoisotopic (exact) mass is 881 g/mol. The second-order valence-corrected chi connectivity index (χ2v) is 17.1. The molecule has 278 valence electrons. The van der Waals surface area contributed by atoms with E-state index in [0.29, 0.717) is 0 Å². The summed E-state index contributed by atoms with van der Waals surface area (Å²) in [7, 11) is 0.